The van der Waals surface area contributed by atoms with Crippen LogP contribution in [0.4, 0.5) is 13.2 Å². The molecule has 5 nitrogen and oxygen atoms in total. The second-order valence-corrected chi connectivity index (χ2v) is 5.63. The number of aromatic amines is 1. The van der Waals surface area contributed by atoms with Crippen molar-refractivity contribution in [1.82, 2.24) is 15.2 Å². The molecule has 0 radical (unpaired) electrons. The molecule has 1 N–H and O–H groups in total. The second kappa shape index (κ2) is 5.99. The molecule has 0 aliphatic carbocycles. The van der Waals surface area contributed by atoms with Crippen molar-refractivity contribution in [1.29, 1.82) is 0 Å². The van der Waals surface area contributed by atoms with Crippen molar-refractivity contribution in [3.63, 3.8) is 0 Å². The average Bonchev–Trinajstić information content (AvgIpc) is 3.14. The van der Waals surface area contributed by atoms with Gasteiger partial charge in [-0.25, -0.2) is 4.98 Å². The molecule has 0 saturated heterocycles. The minimum Gasteiger partial charge on any atom is -0.459 e. The molecule has 9 heteroatoms. The Balaban J connectivity index is 1.99. The predicted molar refractivity (Wildman–Crippen MR) is 76.8 cm³/mol. The van der Waals surface area contributed by atoms with Crippen LogP contribution >= 0.6 is 11.3 Å². The van der Waals surface area contributed by atoms with Crippen LogP contribution in [0.15, 0.2) is 29.9 Å². The van der Waals surface area contributed by atoms with Crippen LogP contribution < -0.4 is 0 Å². The maximum Gasteiger partial charge on any atom is 0.433 e. The second-order valence-electron chi connectivity index (χ2n) is 4.73. The van der Waals surface area contributed by atoms with Crippen LogP contribution in [0.3, 0.4) is 0 Å². The number of fused-ring (bicyclic) bond motifs is 1. The number of carbonyl (C=O) groups is 1. The SMILES string of the molecule is O=COC(Cc1cn[nH]c1C(F)(F)F)c1ccnc2sccc12. The van der Waals surface area contributed by atoms with Gasteiger partial charge in [-0.3, -0.25) is 9.89 Å². The molecule has 120 valence electrons. The summed E-state index contributed by atoms with van der Waals surface area (Å²) in [6.07, 6.45) is -2.91. The van der Waals surface area contributed by atoms with Gasteiger partial charge in [0.2, 0.25) is 0 Å². The number of ether oxygens (including phenoxy) is 1. The van der Waals surface area contributed by atoms with Gasteiger partial charge in [-0.2, -0.15) is 18.3 Å². The average molecular weight is 341 g/mol. The van der Waals surface area contributed by atoms with E-state index in [9.17, 15) is 18.0 Å². The number of rotatable bonds is 5. The van der Waals surface area contributed by atoms with Gasteiger partial charge in [-0.15, -0.1) is 11.3 Å². The zero-order chi connectivity index (χ0) is 16.4. The Bertz CT molecular complexity index is 828. The zero-order valence-corrected chi connectivity index (χ0v) is 12.3. The Morgan fingerprint density at radius 3 is 2.96 bits per heavy atom. The van der Waals surface area contributed by atoms with E-state index in [-0.39, 0.29) is 18.5 Å². The van der Waals surface area contributed by atoms with Crippen LogP contribution in [0.1, 0.15) is 22.9 Å². The maximum atomic E-state index is 12.9. The van der Waals surface area contributed by atoms with E-state index >= 15 is 0 Å². The van der Waals surface area contributed by atoms with E-state index in [0.717, 1.165) is 16.4 Å². The fourth-order valence-electron chi connectivity index (χ4n) is 2.39. The summed E-state index contributed by atoms with van der Waals surface area (Å²) in [5, 5.41) is 7.97. The van der Waals surface area contributed by atoms with Gasteiger partial charge in [0.1, 0.15) is 16.6 Å². The number of thiophene rings is 1. The normalized spacial score (nSPS) is 13.2. The van der Waals surface area contributed by atoms with Crippen molar-refractivity contribution in [2.75, 3.05) is 0 Å². The first-order valence-corrected chi connectivity index (χ1v) is 7.39. The topological polar surface area (TPSA) is 67.9 Å². The lowest BCUT2D eigenvalue weighted by molar-refractivity contribution is -0.142. The number of pyridine rings is 1. The Hall–Kier alpha value is -2.42. The van der Waals surface area contributed by atoms with Crippen LogP contribution in [-0.2, 0) is 22.1 Å². The van der Waals surface area contributed by atoms with Crippen LogP contribution in [0, 0.1) is 0 Å². The lowest BCUT2D eigenvalue weighted by Gasteiger charge is -2.17. The lowest BCUT2D eigenvalue weighted by atomic mass is 10.00. The first kappa shape index (κ1) is 15.5. The van der Waals surface area contributed by atoms with Gasteiger partial charge in [0.05, 0.1) is 6.20 Å². The van der Waals surface area contributed by atoms with Gasteiger partial charge in [-0.1, -0.05) is 0 Å². The quantitative estimate of drug-likeness (QED) is 0.721. The molecular weight excluding hydrogens is 331 g/mol. The van der Waals surface area contributed by atoms with E-state index in [4.69, 9.17) is 4.74 Å². The molecule has 0 aromatic carbocycles. The molecule has 0 aliphatic rings. The van der Waals surface area contributed by atoms with Gasteiger partial charge >= 0.3 is 6.18 Å². The third-order valence-corrected chi connectivity index (χ3v) is 4.20. The molecule has 3 rings (SSSR count). The standard InChI is InChI=1S/C14H10F3N3O2S/c15-14(16,17)12-8(6-19-20-12)5-11(22-7-21)9-1-3-18-13-10(9)2-4-23-13/h1-4,6-7,11H,5H2,(H,19,20). The highest BCUT2D eigenvalue weighted by Gasteiger charge is 2.36. The Morgan fingerprint density at radius 2 is 2.22 bits per heavy atom. The first-order valence-electron chi connectivity index (χ1n) is 6.51. The molecule has 1 unspecified atom stereocenters. The maximum absolute atomic E-state index is 12.9. The van der Waals surface area contributed by atoms with Crippen LogP contribution in [0.5, 0.6) is 0 Å². The third-order valence-electron chi connectivity index (χ3n) is 3.38. The molecule has 1 atom stereocenters. The number of hydrogen-bond acceptors (Lipinski definition) is 5. The van der Waals surface area contributed by atoms with Crippen molar-refractivity contribution in [3.05, 3.63) is 46.7 Å². The summed E-state index contributed by atoms with van der Waals surface area (Å²) in [5.74, 6) is 0. The summed E-state index contributed by atoms with van der Waals surface area (Å²) in [4.78, 5) is 15.7. The van der Waals surface area contributed by atoms with E-state index in [1.807, 2.05) is 10.5 Å². The molecule has 0 amide bonds. The fourth-order valence-corrected chi connectivity index (χ4v) is 3.15. The van der Waals surface area contributed by atoms with Gasteiger partial charge in [0.15, 0.2) is 0 Å². The molecule has 0 spiro atoms. The molecule has 0 saturated carbocycles. The van der Waals surface area contributed by atoms with E-state index in [1.165, 1.54) is 17.5 Å². The molecule has 0 fully saturated rings. The van der Waals surface area contributed by atoms with E-state index < -0.39 is 18.0 Å². The van der Waals surface area contributed by atoms with Gasteiger partial charge in [0, 0.05) is 29.1 Å². The lowest BCUT2D eigenvalue weighted by Crippen LogP contribution is -2.13. The van der Waals surface area contributed by atoms with Gasteiger partial charge in [0.25, 0.3) is 6.47 Å². The molecule has 0 bridgehead atoms. The summed E-state index contributed by atoms with van der Waals surface area (Å²) in [6, 6.07) is 3.43. The third kappa shape index (κ3) is 3.04. The minimum absolute atomic E-state index is 0.0652. The van der Waals surface area contributed by atoms with Crippen molar-refractivity contribution in [2.45, 2.75) is 18.7 Å². The highest BCUT2D eigenvalue weighted by atomic mass is 32.1. The van der Waals surface area contributed by atoms with Crippen LogP contribution in [0.2, 0.25) is 0 Å². The summed E-state index contributed by atoms with van der Waals surface area (Å²) >= 11 is 1.40. The highest BCUT2D eigenvalue weighted by molar-refractivity contribution is 7.16. The smallest absolute Gasteiger partial charge is 0.433 e. The predicted octanol–water partition coefficient (Wildman–Crippen LogP) is 3.50. The number of carbonyl (C=O) groups excluding carboxylic acids is 1. The summed E-state index contributed by atoms with van der Waals surface area (Å²) in [5.41, 5.74) is -0.394. The Labute approximate surface area is 132 Å². The fraction of sp³-hybridized carbons (Fsp3) is 0.214. The number of hydrogen-bond donors (Lipinski definition) is 1. The van der Waals surface area contributed by atoms with Crippen molar-refractivity contribution in [3.8, 4) is 0 Å². The number of aromatic nitrogens is 3. The van der Waals surface area contributed by atoms with Gasteiger partial charge < -0.3 is 4.74 Å². The molecule has 3 aromatic rings. The number of halogens is 3. The largest absolute Gasteiger partial charge is 0.459 e. The monoisotopic (exact) mass is 341 g/mol. The zero-order valence-electron chi connectivity index (χ0n) is 11.5. The summed E-state index contributed by atoms with van der Waals surface area (Å²) in [7, 11) is 0. The van der Waals surface area contributed by atoms with Crippen molar-refractivity contribution >= 4 is 28.0 Å². The molecule has 23 heavy (non-hydrogen) atoms. The van der Waals surface area contributed by atoms with E-state index in [1.54, 1.807) is 12.1 Å². The van der Waals surface area contributed by atoms with E-state index in [0.29, 0.717) is 5.56 Å². The molecule has 3 aromatic heterocycles. The van der Waals surface area contributed by atoms with Crippen molar-refractivity contribution < 1.29 is 22.7 Å². The van der Waals surface area contributed by atoms with Crippen LogP contribution in [0.25, 0.3) is 10.2 Å². The van der Waals surface area contributed by atoms with Gasteiger partial charge in [-0.05, 0) is 17.5 Å². The number of nitrogens with zero attached hydrogens (tertiary/aromatic N) is 2. The van der Waals surface area contributed by atoms with E-state index in [2.05, 4.69) is 10.1 Å². The molecule has 0 aliphatic heterocycles. The summed E-state index contributed by atoms with van der Waals surface area (Å²) in [6.45, 7) is 0.233. The minimum atomic E-state index is -4.55. The summed E-state index contributed by atoms with van der Waals surface area (Å²) < 4.78 is 43.8. The van der Waals surface area contributed by atoms with Crippen molar-refractivity contribution in [2.24, 2.45) is 0 Å². The molecular formula is C14H10F3N3O2S. The highest BCUT2D eigenvalue weighted by Crippen LogP contribution is 2.35. The number of H-pyrrole nitrogens is 1. The number of alkyl halides is 3. The molecule has 3 heterocycles. The Morgan fingerprint density at radius 1 is 1.39 bits per heavy atom. The van der Waals surface area contributed by atoms with Crippen LogP contribution in [-0.4, -0.2) is 21.7 Å². The number of nitrogens with one attached hydrogen (secondary N) is 1. The Kier molecular flexibility index (Phi) is 4.03. The first-order chi connectivity index (χ1) is 11.0.